The van der Waals surface area contributed by atoms with Crippen LogP contribution in [0.5, 0.6) is 0 Å². The third kappa shape index (κ3) is 2.81. The molecule has 0 aromatic heterocycles. The number of amides is 1. The molecule has 0 N–H and O–H groups in total. The van der Waals surface area contributed by atoms with Crippen LogP contribution in [-0.2, 0) is 4.79 Å². The zero-order chi connectivity index (χ0) is 14.0. The number of hydrogen-bond acceptors (Lipinski definition) is 1. The Morgan fingerprint density at radius 1 is 1.22 bits per heavy atom. The van der Waals surface area contributed by atoms with Crippen LogP contribution in [0.3, 0.4) is 0 Å². The number of nitrogens with zero attached hydrogens (tertiary/aromatic N) is 1. The molecule has 1 amide bonds. The van der Waals surface area contributed by atoms with Crippen molar-refractivity contribution >= 4 is 5.91 Å². The fourth-order valence-electron chi connectivity index (χ4n) is 2.05. The number of carbonyl (C=O) groups excluding carboxylic acids is 1. The van der Waals surface area contributed by atoms with Crippen LogP contribution in [0.25, 0.3) is 0 Å². The van der Waals surface area contributed by atoms with Crippen LogP contribution in [0.15, 0.2) is 12.7 Å². The molecule has 0 saturated heterocycles. The zero-order valence-electron chi connectivity index (χ0n) is 9.64. The Bertz CT molecular complexity index is 320. The van der Waals surface area contributed by atoms with Crippen molar-refractivity contribution < 1.29 is 26.7 Å². The van der Waals surface area contributed by atoms with E-state index in [-0.39, 0.29) is 6.54 Å². The molecule has 1 aliphatic carbocycles. The Kier molecular flexibility index (Phi) is 4.34. The quantitative estimate of drug-likeness (QED) is 0.568. The fourth-order valence-corrected chi connectivity index (χ4v) is 2.05. The summed E-state index contributed by atoms with van der Waals surface area (Å²) in [5.41, 5.74) is 0. The van der Waals surface area contributed by atoms with Gasteiger partial charge in [-0.05, 0) is 12.8 Å². The lowest BCUT2D eigenvalue weighted by molar-refractivity contribution is -0.275. The number of carbonyl (C=O) groups is 1. The lowest BCUT2D eigenvalue weighted by atomic mass is 10.1. The topological polar surface area (TPSA) is 20.3 Å². The third-order valence-corrected chi connectivity index (χ3v) is 2.98. The Morgan fingerprint density at radius 3 is 2.11 bits per heavy atom. The van der Waals surface area contributed by atoms with E-state index in [1.165, 1.54) is 0 Å². The molecule has 104 valence electrons. The summed E-state index contributed by atoms with van der Waals surface area (Å²) in [5.74, 6) is -7.51. The van der Waals surface area contributed by atoms with E-state index < -0.39 is 24.0 Å². The van der Waals surface area contributed by atoms with Gasteiger partial charge in [-0.2, -0.15) is 22.0 Å². The van der Waals surface area contributed by atoms with E-state index in [4.69, 9.17) is 0 Å². The first-order valence-corrected chi connectivity index (χ1v) is 5.58. The highest BCUT2D eigenvalue weighted by Gasteiger charge is 2.65. The molecular weight excluding hydrogens is 257 g/mol. The standard InChI is InChI=1S/C11H14F5NO/c1-2-7-17(8-5-3-4-6-8)9(18)10(12,13)11(14,15)16/h2,8H,1,3-7H2. The minimum atomic E-state index is -5.86. The highest BCUT2D eigenvalue weighted by molar-refractivity contribution is 5.84. The van der Waals surface area contributed by atoms with Crippen molar-refractivity contribution in [3.8, 4) is 0 Å². The summed E-state index contributed by atoms with van der Waals surface area (Å²) in [7, 11) is 0. The van der Waals surface area contributed by atoms with Crippen molar-refractivity contribution in [1.82, 2.24) is 4.90 Å². The second kappa shape index (κ2) is 5.24. The van der Waals surface area contributed by atoms with Crippen LogP contribution in [0.2, 0.25) is 0 Å². The number of halogens is 5. The van der Waals surface area contributed by atoms with Crippen LogP contribution >= 0.6 is 0 Å². The smallest absolute Gasteiger partial charge is 0.330 e. The Labute approximate surface area is 101 Å². The van der Waals surface area contributed by atoms with E-state index >= 15 is 0 Å². The van der Waals surface area contributed by atoms with E-state index in [1.54, 1.807) is 0 Å². The first-order valence-electron chi connectivity index (χ1n) is 5.58. The van der Waals surface area contributed by atoms with Gasteiger partial charge in [0.15, 0.2) is 0 Å². The lowest BCUT2D eigenvalue weighted by Gasteiger charge is -2.31. The maximum absolute atomic E-state index is 13.0. The number of rotatable bonds is 4. The van der Waals surface area contributed by atoms with Gasteiger partial charge in [-0.1, -0.05) is 18.9 Å². The van der Waals surface area contributed by atoms with Crippen LogP contribution in [0.4, 0.5) is 22.0 Å². The zero-order valence-corrected chi connectivity index (χ0v) is 9.64. The van der Waals surface area contributed by atoms with Gasteiger partial charge in [0.05, 0.1) is 0 Å². The minimum absolute atomic E-state index is 0.296. The molecule has 1 saturated carbocycles. The maximum Gasteiger partial charge on any atom is 0.463 e. The largest absolute Gasteiger partial charge is 0.463 e. The summed E-state index contributed by atoms with van der Waals surface area (Å²) < 4.78 is 62.4. The minimum Gasteiger partial charge on any atom is -0.330 e. The van der Waals surface area contributed by atoms with Crippen LogP contribution in [-0.4, -0.2) is 35.5 Å². The van der Waals surface area contributed by atoms with Gasteiger partial charge >= 0.3 is 18.0 Å². The van der Waals surface area contributed by atoms with Crippen molar-refractivity contribution in [2.75, 3.05) is 6.54 Å². The molecule has 0 bridgehead atoms. The molecule has 0 radical (unpaired) electrons. The second-order valence-corrected chi connectivity index (χ2v) is 4.26. The molecule has 1 rings (SSSR count). The van der Waals surface area contributed by atoms with E-state index in [0.29, 0.717) is 17.7 Å². The summed E-state index contributed by atoms with van der Waals surface area (Å²) in [6, 6.07) is -0.552. The first-order chi connectivity index (χ1) is 8.21. The van der Waals surface area contributed by atoms with Gasteiger partial charge in [0, 0.05) is 12.6 Å². The molecule has 0 unspecified atom stereocenters. The molecule has 1 aliphatic rings. The van der Waals surface area contributed by atoms with Gasteiger partial charge in [-0.3, -0.25) is 4.79 Å². The summed E-state index contributed by atoms with van der Waals surface area (Å²) in [5, 5.41) is 0. The molecular formula is C11H14F5NO. The summed E-state index contributed by atoms with van der Waals surface area (Å²) in [6.07, 6.45) is -2.35. The van der Waals surface area contributed by atoms with Gasteiger partial charge in [0.2, 0.25) is 0 Å². The second-order valence-electron chi connectivity index (χ2n) is 4.26. The number of hydrogen-bond donors (Lipinski definition) is 0. The summed E-state index contributed by atoms with van der Waals surface area (Å²) in [6.45, 7) is 2.98. The van der Waals surface area contributed by atoms with Crippen LogP contribution < -0.4 is 0 Å². The predicted molar refractivity (Wildman–Crippen MR) is 55.2 cm³/mol. The number of alkyl halides is 5. The molecule has 2 nitrogen and oxygen atoms in total. The monoisotopic (exact) mass is 271 g/mol. The van der Waals surface area contributed by atoms with E-state index in [9.17, 15) is 26.7 Å². The van der Waals surface area contributed by atoms with Gasteiger partial charge in [0.1, 0.15) is 0 Å². The Morgan fingerprint density at radius 2 is 1.72 bits per heavy atom. The van der Waals surface area contributed by atoms with Crippen molar-refractivity contribution in [2.24, 2.45) is 0 Å². The third-order valence-electron chi connectivity index (χ3n) is 2.98. The molecule has 7 heteroatoms. The van der Waals surface area contributed by atoms with Gasteiger partial charge in [-0.25, -0.2) is 0 Å². The lowest BCUT2D eigenvalue weighted by Crippen LogP contribution is -2.54. The van der Waals surface area contributed by atoms with Crippen LogP contribution in [0.1, 0.15) is 25.7 Å². The van der Waals surface area contributed by atoms with Gasteiger partial charge < -0.3 is 4.90 Å². The summed E-state index contributed by atoms with van der Waals surface area (Å²) >= 11 is 0. The average Bonchev–Trinajstić information content (AvgIpc) is 2.76. The fraction of sp³-hybridized carbons (Fsp3) is 0.727. The van der Waals surface area contributed by atoms with Crippen LogP contribution in [0, 0.1) is 0 Å². The molecule has 0 spiro atoms. The first kappa shape index (κ1) is 14.9. The average molecular weight is 271 g/mol. The van der Waals surface area contributed by atoms with E-state index in [2.05, 4.69) is 6.58 Å². The molecule has 1 fully saturated rings. The molecule has 0 aliphatic heterocycles. The Hall–Kier alpha value is -1.14. The maximum atomic E-state index is 13.0. The summed E-state index contributed by atoms with van der Waals surface area (Å²) in [4.78, 5) is 12.0. The van der Waals surface area contributed by atoms with Crippen molar-refractivity contribution in [2.45, 2.75) is 43.8 Å². The molecule has 0 aromatic carbocycles. The van der Waals surface area contributed by atoms with E-state index in [1.807, 2.05) is 0 Å². The Balaban J connectivity index is 2.91. The molecule has 0 aromatic rings. The predicted octanol–water partition coefficient (Wildman–Crippen LogP) is 3.14. The van der Waals surface area contributed by atoms with Crippen molar-refractivity contribution in [1.29, 1.82) is 0 Å². The van der Waals surface area contributed by atoms with Gasteiger partial charge in [-0.15, -0.1) is 6.58 Å². The SMILES string of the molecule is C=CCN(C(=O)C(F)(F)C(F)(F)F)C1CCCC1. The highest BCUT2D eigenvalue weighted by atomic mass is 19.4. The van der Waals surface area contributed by atoms with Crippen molar-refractivity contribution in [3.63, 3.8) is 0 Å². The van der Waals surface area contributed by atoms with E-state index in [0.717, 1.165) is 18.9 Å². The van der Waals surface area contributed by atoms with Crippen molar-refractivity contribution in [3.05, 3.63) is 12.7 Å². The molecule has 0 heterocycles. The highest BCUT2D eigenvalue weighted by Crippen LogP contribution is 2.38. The normalized spacial score (nSPS) is 17.8. The molecule has 18 heavy (non-hydrogen) atoms. The molecule has 0 atom stereocenters. The van der Waals surface area contributed by atoms with Gasteiger partial charge in [0.25, 0.3) is 0 Å².